The number of nitrogens with zero attached hydrogens (tertiary/aromatic N) is 2. The van der Waals surface area contributed by atoms with Crippen molar-refractivity contribution in [2.24, 2.45) is 9.63 Å². The van der Waals surface area contributed by atoms with Gasteiger partial charge in [0.15, 0.2) is 0 Å². The molecule has 0 saturated heterocycles. The lowest BCUT2D eigenvalue weighted by Crippen LogP contribution is -1.88. The third kappa shape index (κ3) is 6.46. The normalized spacial score (nSPS) is 12.1. The number of hydrogen-bond donors (Lipinski definition) is 1. The van der Waals surface area contributed by atoms with E-state index in [4.69, 9.17) is 4.55 Å². The molecule has 1 aromatic rings. The molecule has 0 aliphatic heterocycles. The molecule has 0 unspecified atom stereocenters. The minimum Gasteiger partial charge on any atom is -0.267 e. The molecule has 0 aliphatic rings. The molecule has 0 amide bonds. The van der Waals surface area contributed by atoms with E-state index in [0.717, 1.165) is 12.8 Å². The highest BCUT2D eigenvalue weighted by molar-refractivity contribution is 7.84. The average molecular weight is 270 g/mol. The molecule has 0 saturated carbocycles. The van der Waals surface area contributed by atoms with Crippen molar-refractivity contribution in [3.63, 3.8) is 0 Å². The third-order valence-electron chi connectivity index (χ3n) is 2.51. The van der Waals surface area contributed by atoms with Crippen LogP contribution in [0.2, 0.25) is 0 Å². The van der Waals surface area contributed by atoms with Crippen LogP contribution in [-0.2, 0) is 16.7 Å². The van der Waals surface area contributed by atoms with Gasteiger partial charge in [-0.3, -0.25) is 4.55 Å². The highest BCUT2D eigenvalue weighted by Crippen LogP contribution is 2.16. The summed E-state index contributed by atoms with van der Waals surface area (Å²) in [7, 11) is -4.39. The van der Waals surface area contributed by atoms with Gasteiger partial charge in [0.1, 0.15) is 0 Å². The first-order valence-corrected chi connectivity index (χ1v) is 7.40. The summed E-state index contributed by atoms with van der Waals surface area (Å²) in [5.74, 6) is 0. The van der Waals surface area contributed by atoms with E-state index >= 15 is 0 Å². The molecule has 1 rings (SSSR count). The van der Waals surface area contributed by atoms with Gasteiger partial charge < -0.3 is 0 Å². The maximum absolute atomic E-state index is 10.4. The molecule has 1 aromatic carbocycles. The van der Waals surface area contributed by atoms with Gasteiger partial charge in [-0.05, 0) is 35.1 Å². The lowest BCUT2D eigenvalue weighted by atomic mass is 10.1. The van der Waals surface area contributed by atoms with Crippen LogP contribution in [-0.4, -0.2) is 13.0 Å². The summed E-state index contributed by atoms with van der Waals surface area (Å²) in [4.78, 5) is 0. The van der Waals surface area contributed by atoms with Crippen LogP contribution in [0.1, 0.15) is 38.2 Å². The number of benzene rings is 1. The Kier molecular flexibility index (Phi) is 5.94. The van der Waals surface area contributed by atoms with Crippen LogP contribution in [0.15, 0.2) is 33.9 Å². The molecular weight excluding hydrogens is 252 g/mol. The van der Waals surface area contributed by atoms with Crippen LogP contribution in [0.3, 0.4) is 0 Å². The summed E-state index contributed by atoms with van der Waals surface area (Å²) in [5, 5.41) is 3.42. The standard InChI is InChI=1S/C12H18N2O3S/c1-2-3-4-5-6-11-7-9-12(10-8-11)13-14-18(15,16)17/h7-10H,2-6H2,1H3,(H,15,16,17)/b14-13+. The second kappa shape index (κ2) is 7.23. The molecular formula is C12H18N2O3S. The van der Waals surface area contributed by atoms with Crippen LogP contribution < -0.4 is 0 Å². The fourth-order valence-electron chi connectivity index (χ4n) is 1.58. The van der Waals surface area contributed by atoms with Gasteiger partial charge in [0.2, 0.25) is 0 Å². The van der Waals surface area contributed by atoms with E-state index in [1.54, 1.807) is 12.1 Å². The van der Waals surface area contributed by atoms with Crippen molar-refractivity contribution in [1.29, 1.82) is 0 Å². The van der Waals surface area contributed by atoms with Crippen LogP contribution in [0.5, 0.6) is 0 Å². The number of hydrogen-bond acceptors (Lipinski definition) is 3. The molecule has 5 nitrogen and oxygen atoms in total. The first-order valence-electron chi connectivity index (χ1n) is 6.00. The van der Waals surface area contributed by atoms with Gasteiger partial charge in [-0.2, -0.15) is 8.42 Å². The molecule has 0 bridgehead atoms. The Morgan fingerprint density at radius 3 is 2.33 bits per heavy atom. The van der Waals surface area contributed by atoms with E-state index in [0.29, 0.717) is 5.69 Å². The largest absolute Gasteiger partial charge is 0.396 e. The fraction of sp³-hybridized carbons (Fsp3) is 0.500. The van der Waals surface area contributed by atoms with Gasteiger partial charge in [-0.15, -0.1) is 5.11 Å². The van der Waals surface area contributed by atoms with Crippen molar-refractivity contribution in [2.45, 2.75) is 39.0 Å². The number of aryl methyl sites for hydroxylation is 1. The Hall–Kier alpha value is -1.27. The Morgan fingerprint density at radius 1 is 1.11 bits per heavy atom. The molecule has 0 heterocycles. The Morgan fingerprint density at radius 2 is 1.78 bits per heavy atom. The van der Waals surface area contributed by atoms with Crippen molar-refractivity contribution < 1.29 is 13.0 Å². The number of rotatable bonds is 7. The van der Waals surface area contributed by atoms with E-state index in [2.05, 4.69) is 16.6 Å². The SMILES string of the molecule is CCCCCCc1ccc(/N=N/S(=O)(=O)O)cc1. The summed E-state index contributed by atoms with van der Waals surface area (Å²) in [5.41, 5.74) is 1.60. The molecule has 0 aromatic heterocycles. The summed E-state index contributed by atoms with van der Waals surface area (Å²) in [6, 6.07) is 7.16. The zero-order chi connectivity index (χ0) is 13.4. The van der Waals surface area contributed by atoms with Crippen molar-refractivity contribution in [2.75, 3.05) is 0 Å². The molecule has 100 valence electrons. The first-order chi connectivity index (χ1) is 8.51. The van der Waals surface area contributed by atoms with Crippen LogP contribution in [0.25, 0.3) is 0 Å². The lowest BCUT2D eigenvalue weighted by Gasteiger charge is -2.01. The number of unbranched alkanes of at least 4 members (excludes halogenated alkanes) is 3. The van der Waals surface area contributed by atoms with Crippen LogP contribution in [0.4, 0.5) is 5.69 Å². The summed E-state index contributed by atoms with van der Waals surface area (Å²) < 4.78 is 31.9. The molecule has 0 spiro atoms. The van der Waals surface area contributed by atoms with E-state index in [-0.39, 0.29) is 0 Å². The molecule has 0 aliphatic carbocycles. The van der Waals surface area contributed by atoms with Gasteiger partial charge in [0.25, 0.3) is 0 Å². The Balaban J connectivity index is 2.50. The van der Waals surface area contributed by atoms with Crippen molar-refractivity contribution in [3.05, 3.63) is 29.8 Å². The summed E-state index contributed by atoms with van der Waals surface area (Å²) in [6.45, 7) is 2.18. The van der Waals surface area contributed by atoms with Crippen LogP contribution in [0, 0.1) is 0 Å². The third-order valence-corrected chi connectivity index (χ3v) is 2.80. The van der Waals surface area contributed by atoms with Gasteiger partial charge in [0, 0.05) is 0 Å². The minimum atomic E-state index is -4.39. The van der Waals surface area contributed by atoms with Crippen molar-refractivity contribution in [3.8, 4) is 0 Å². The molecule has 6 heteroatoms. The molecule has 0 atom stereocenters. The minimum absolute atomic E-state index is 0.407. The monoisotopic (exact) mass is 270 g/mol. The summed E-state index contributed by atoms with van der Waals surface area (Å²) >= 11 is 0. The fourth-order valence-corrected chi connectivity index (χ4v) is 1.78. The smallest absolute Gasteiger partial charge is 0.267 e. The van der Waals surface area contributed by atoms with Crippen LogP contribution >= 0.6 is 0 Å². The van der Waals surface area contributed by atoms with E-state index in [1.165, 1.54) is 24.8 Å². The average Bonchev–Trinajstić information content (AvgIpc) is 2.33. The molecule has 0 radical (unpaired) electrons. The predicted molar refractivity (Wildman–Crippen MR) is 70.4 cm³/mol. The Labute approximate surface area is 108 Å². The zero-order valence-electron chi connectivity index (χ0n) is 10.4. The second-order valence-electron chi connectivity index (χ2n) is 4.11. The molecule has 1 N–H and O–H groups in total. The second-order valence-corrected chi connectivity index (χ2v) is 5.17. The lowest BCUT2D eigenvalue weighted by molar-refractivity contribution is 0.482. The van der Waals surface area contributed by atoms with Gasteiger partial charge in [-0.25, -0.2) is 0 Å². The van der Waals surface area contributed by atoms with Gasteiger partial charge >= 0.3 is 10.3 Å². The van der Waals surface area contributed by atoms with E-state index in [1.807, 2.05) is 12.1 Å². The quantitative estimate of drug-likeness (QED) is 0.466. The summed E-state index contributed by atoms with van der Waals surface area (Å²) in [6.07, 6.45) is 5.85. The maximum Gasteiger partial charge on any atom is 0.396 e. The molecule has 0 fully saturated rings. The topological polar surface area (TPSA) is 79.1 Å². The maximum atomic E-state index is 10.4. The van der Waals surface area contributed by atoms with Crippen molar-refractivity contribution in [1.82, 2.24) is 0 Å². The van der Waals surface area contributed by atoms with Crippen molar-refractivity contribution >= 4 is 16.0 Å². The highest BCUT2D eigenvalue weighted by atomic mass is 32.2. The highest BCUT2D eigenvalue weighted by Gasteiger charge is 1.99. The molecule has 18 heavy (non-hydrogen) atoms. The van der Waals surface area contributed by atoms with Gasteiger partial charge in [0.05, 0.1) is 5.69 Å². The van der Waals surface area contributed by atoms with E-state index < -0.39 is 10.3 Å². The Bertz CT molecular complexity index is 481. The first kappa shape index (κ1) is 14.8. The van der Waals surface area contributed by atoms with E-state index in [9.17, 15) is 8.42 Å². The zero-order valence-corrected chi connectivity index (χ0v) is 11.2. The predicted octanol–water partition coefficient (Wildman–Crippen LogP) is 3.70. The van der Waals surface area contributed by atoms with Gasteiger partial charge in [-0.1, -0.05) is 38.3 Å².